The second-order valence-electron chi connectivity index (χ2n) is 15.7. The first-order chi connectivity index (χ1) is 30.4. The van der Waals surface area contributed by atoms with E-state index in [0.717, 1.165) is 80.3 Å². The van der Waals surface area contributed by atoms with Gasteiger partial charge in [0.25, 0.3) is 0 Å². The van der Waals surface area contributed by atoms with Crippen molar-refractivity contribution in [3.8, 4) is 11.8 Å². The summed E-state index contributed by atoms with van der Waals surface area (Å²) in [6.07, 6.45) is 9.49. The van der Waals surface area contributed by atoms with Crippen molar-refractivity contribution in [3.63, 3.8) is 0 Å². The highest BCUT2D eigenvalue weighted by Crippen LogP contribution is 2.42. The minimum Gasteiger partial charge on any atom is -0.311 e. The average Bonchev–Trinajstić information content (AvgIpc) is 3.29. The van der Waals surface area contributed by atoms with Gasteiger partial charge in [-0.3, -0.25) is 0 Å². The van der Waals surface area contributed by atoms with Crippen LogP contribution in [0.4, 0.5) is 56.9 Å². The molecule has 1 aliphatic carbocycles. The maximum Gasteiger partial charge on any atom is 0.0932 e. The van der Waals surface area contributed by atoms with Gasteiger partial charge in [0.15, 0.2) is 0 Å². The normalized spacial score (nSPS) is 13.5. The molecule has 8 rings (SSSR count). The fourth-order valence-electron chi connectivity index (χ4n) is 7.93. The molecule has 0 aromatic heterocycles. The van der Waals surface area contributed by atoms with E-state index in [9.17, 15) is 0 Å². The quantitative estimate of drug-likeness (QED) is 0.0802. The van der Waals surface area contributed by atoms with Crippen LogP contribution < -0.4 is 19.6 Å². The van der Waals surface area contributed by atoms with Crippen molar-refractivity contribution in [2.75, 3.05) is 19.6 Å². The molecule has 62 heavy (non-hydrogen) atoms. The summed E-state index contributed by atoms with van der Waals surface area (Å²) in [6.45, 7) is 12.7. The SMILES string of the molecule is C=C(C)/C=C(\C=C/C)N(c1ccccc1)c1ccc(N(c2ccc(N(C3=CC(C)CC#C3)c3ccccc3)cc2)c2ccc(N(c3ccccc3)c3cccc(C)c3)cc2)cc1. The third-order valence-electron chi connectivity index (χ3n) is 10.7. The van der Waals surface area contributed by atoms with Crippen LogP contribution in [0, 0.1) is 24.7 Å². The van der Waals surface area contributed by atoms with Crippen LogP contribution in [-0.4, -0.2) is 0 Å². The van der Waals surface area contributed by atoms with Gasteiger partial charge in [0.1, 0.15) is 0 Å². The molecule has 4 heteroatoms. The highest BCUT2D eigenvalue weighted by atomic mass is 15.2. The average molecular weight is 805 g/mol. The van der Waals surface area contributed by atoms with E-state index < -0.39 is 0 Å². The monoisotopic (exact) mass is 804 g/mol. The zero-order chi connectivity index (χ0) is 42.8. The minimum absolute atomic E-state index is 0.380. The summed E-state index contributed by atoms with van der Waals surface area (Å²) in [7, 11) is 0. The van der Waals surface area contributed by atoms with Crippen LogP contribution in [0.15, 0.2) is 236 Å². The summed E-state index contributed by atoms with van der Waals surface area (Å²) in [5, 5.41) is 0. The molecule has 4 nitrogen and oxygen atoms in total. The highest BCUT2D eigenvalue weighted by Gasteiger charge is 2.21. The number of anilines is 10. The largest absolute Gasteiger partial charge is 0.311 e. The topological polar surface area (TPSA) is 13.0 Å². The molecule has 0 saturated carbocycles. The second-order valence-corrected chi connectivity index (χ2v) is 15.7. The van der Waals surface area contributed by atoms with E-state index in [0.29, 0.717) is 5.92 Å². The van der Waals surface area contributed by atoms with E-state index in [1.54, 1.807) is 0 Å². The number of rotatable bonds is 14. The van der Waals surface area contributed by atoms with Crippen LogP contribution in [-0.2, 0) is 0 Å². The van der Waals surface area contributed by atoms with Crippen molar-refractivity contribution in [3.05, 3.63) is 241 Å². The van der Waals surface area contributed by atoms with E-state index in [1.807, 2.05) is 13.8 Å². The Morgan fingerprint density at radius 3 is 1.40 bits per heavy atom. The predicted octanol–water partition coefficient (Wildman–Crippen LogP) is 16.2. The molecule has 0 fully saturated rings. The number of hydrogen-bond acceptors (Lipinski definition) is 4. The van der Waals surface area contributed by atoms with Crippen molar-refractivity contribution in [2.24, 2.45) is 5.92 Å². The van der Waals surface area contributed by atoms with Gasteiger partial charge in [-0.1, -0.05) is 97.8 Å². The van der Waals surface area contributed by atoms with Crippen molar-refractivity contribution in [1.82, 2.24) is 0 Å². The van der Waals surface area contributed by atoms with Crippen molar-refractivity contribution in [1.29, 1.82) is 0 Å². The Bertz CT molecular complexity index is 2760. The van der Waals surface area contributed by atoms with Gasteiger partial charge in [0.2, 0.25) is 0 Å². The number of benzene rings is 7. The van der Waals surface area contributed by atoms with Crippen LogP contribution in [0.3, 0.4) is 0 Å². The van der Waals surface area contributed by atoms with Crippen molar-refractivity contribution >= 4 is 56.9 Å². The lowest BCUT2D eigenvalue weighted by molar-refractivity contribution is 0.746. The molecule has 0 spiro atoms. The fraction of sp³-hybridized carbons (Fsp3) is 0.103. The molecule has 0 amide bonds. The Morgan fingerprint density at radius 1 is 0.532 bits per heavy atom. The Balaban J connectivity index is 1.23. The third-order valence-corrected chi connectivity index (χ3v) is 10.7. The maximum atomic E-state index is 4.21. The smallest absolute Gasteiger partial charge is 0.0932 e. The standard InChI is InChI=1S/C58H52N4/c1-6-18-56(41-44(2)3)60(47-21-10-7-11-22-47)53-35-29-50(30-36-53)59(51-31-37-54(38-32-51)61(48-23-12-8-13-24-48)57-27-16-19-45(4)42-57)52-33-39-55(40-34-52)62(49-25-14-9-15-26-49)58-28-17-20-46(5)43-58/h6-16,18-19,21-27,29-43,46H,2,20H2,1,3-5H3/b18-6-,56-41+. The fourth-order valence-corrected chi connectivity index (χ4v) is 7.93. The van der Waals surface area contributed by atoms with Gasteiger partial charge < -0.3 is 19.6 Å². The molecular weight excluding hydrogens is 753 g/mol. The molecular formula is C58H52N4. The van der Waals surface area contributed by atoms with Crippen molar-refractivity contribution in [2.45, 2.75) is 34.1 Å². The summed E-state index contributed by atoms with van der Waals surface area (Å²) in [5.74, 6) is 7.19. The summed E-state index contributed by atoms with van der Waals surface area (Å²) >= 11 is 0. The summed E-state index contributed by atoms with van der Waals surface area (Å²) in [4.78, 5) is 9.18. The van der Waals surface area contributed by atoms with Gasteiger partial charge in [-0.05, 0) is 178 Å². The number of nitrogens with zero attached hydrogens (tertiary/aromatic N) is 4. The first-order valence-corrected chi connectivity index (χ1v) is 21.3. The molecule has 1 unspecified atom stereocenters. The van der Waals surface area contributed by atoms with E-state index in [1.165, 1.54) is 5.56 Å². The first-order valence-electron chi connectivity index (χ1n) is 21.3. The first kappa shape index (κ1) is 41.0. The molecule has 7 aromatic carbocycles. The Kier molecular flexibility index (Phi) is 12.6. The molecule has 0 radical (unpaired) electrons. The van der Waals surface area contributed by atoms with Gasteiger partial charge in [0, 0.05) is 69.0 Å². The van der Waals surface area contributed by atoms with Crippen LogP contribution in [0.2, 0.25) is 0 Å². The number of para-hydroxylation sites is 3. The van der Waals surface area contributed by atoms with Gasteiger partial charge >= 0.3 is 0 Å². The van der Waals surface area contributed by atoms with Crippen molar-refractivity contribution < 1.29 is 0 Å². The molecule has 0 N–H and O–H groups in total. The predicted molar refractivity (Wildman–Crippen MR) is 265 cm³/mol. The molecule has 1 aliphatic rings. The van der Waals surface area contributed by atoms with E-state index in [2.05, 4.69) is 264 Å². The van der Waals surface area contributed by atoms with E-state index >= 15 is 0 Å². The minimum atomic E-state index is 0.380. The molecule has 0 bridgehead atoms. The summed E-state index contributed by atoms with van der Waals surface area (Å²) in [5.41, 5.74) is 14.9. The molecule has 0 saturated heterocycles. The Morgan fingerprint density at radius 2 is 0.935 bits per heavy atom. The summed E-state index contributed by atoms with van der Waals surface area (Å²) in [6, 6.07) is 66.8. The van der Waals surface area contributed by atoms with Gasteiger partial charge in [0.05, 0.1) is 5.70 Å². The molecule has 0 aliphatic heterocycles. The van der Waals surface area contributed by atoms with Crippen LogP contribution in [0.25, 0.3) is 0 Å². The Labute approximate surface area is 368 Å². The lowest BCUT2D eigenvalue weighted by atomic mass is 10.0. The lowest BCUT2D eigenvalue weighted by Gasteiger charge is -2.30. The molecule has 7 aromatic rings. The van der Waals surface area contributed by atoms with Gasteiger partial charge in [-0.15, -0.1) is 0 Å². The highest BCUT2D eigenvalue weighted by molar-refractivity contribution is 5.84. The molecule has 304 valence electrons. The third kappa shape index (κ3) is 9.34. The Hall–Kier alpha value is -7.74. The zero-order valence-electron chi connectivity index (χ0n) is 36.0. The second kappa shape index (κ2) is 19.1. The molecule has 1 atom stereocenters. The van der Waals surface area contributed by atoms with Crippen LogP contribution in [0.1, 0.15) is 32.8 Å². The molecule has 0 heterocycles. The number of allylic oxidation sites excluding steroid dienone is 6. The van der Waals surface area contributed by atoms with Gasteiger partial charge in [-0.2, -0.15) is 0 Å². The van der Waals surface area contributed by atoms with Gasteiger partial charge in [-0.25, -0.2) is 0 Å². The van der Waals surface area contributed by atoms with Crippen LogP contribution >= 0.6 is 0 Å². The van der Waals surface area contributed by atoms with Crippen LogP contribution in [0.5, 0.6) is 0 Å². The van der Waals surface area contributed by atoms with E-state index in [4.69, 9.17) is 0 Å². The maximum absolute atomic E-state index is 4.21. The summed E-state index contributed by atoms with van der Waals surface area (Å²) < 4.78 is 0. The van der Waals surface area contributed by atoms with E-state index in [-0.39, 0.29) is 0 Å². The number of hydrogen-bond donors (Lipinski definition) is 0. The number of aryl methyl sites for hydroxylation is 1. The lowest BCUT2D eigenvalue weighted by Crippen LogP contribution is -2.18. The zero-order valence-corrected chi connectivity index (χ0v) is 36.0.